The van der Waals surface area contributed by atoms with E-state index in [9.17, 15) is 0 Å². The third kappa shape index (κ3) is 1.57. The molecule has 14 heavy (non-hydrogen) atoms. The van der Waals surface area contributed by atoms with Crippen LogP contribution in [-0.2, 0) is 10.2 Å². The number of aromatic amines is 1. The lowest BCUT2D eigenvalue weighted by atomic mass is 9.73. The fraction of sp³-hybridized carbons (Fsp3) is 0.636. The molecule has 2 heterocycles. The second kappa shape index (κ2) is 3.75. The summed E-state index contributed by atoms with van der Waals surface area (Å²) in [6, 6.07) is 2.14. The van der Waals surface area contributed by atoms with E-state index in [2.05, 4.69) is 24.2 Å². The Hall–Kier alpha value is -0.800. The van der Waals surface area contributed by atoms with Crippen LogP contribution in [0.25, 0.3) is 0 Å². The van der Waals surface area contributed by atoms with Gasteiger partial charge in [0, 0.05) is 17.8 Å². The Morgan fingerprint density at radius 3 is 2.86 bits per heavy atom. The number of hydrogen-bond donors (Lipinski definition) is 2. The van der Waals surface area contributed by atoms with E-state index in [0.717, 1.165) is 26.2 Å². The summed E-state index contributed by atoms with van der Waals surface area (Å²) in [5, 5.41) is 0. The molecule has 1 atom stereocenters. The van der Waals surface area contributed by atoms with Gasteiger partial charge in [0.2, 0.25) is 0 Å². The molecule has 3 heteroatoms. The Labute approximate surface area is 84.6 Å². The minimum absolute atomic E-state index is 0.235. The molecular formula is C11H18N2O. The quantitative estimate of drug-likeness (QED) is 0.758. The first-order chi connectivity index (χ1) is 6.77. The Bertz CT molecular complexity index is 277. The monoisotopic (exact) mass is 194 g/mol. The fourth-order valence-electron chi connectivity index (χ4n) is 2.15. The lowest BCUT2D eigenvalue weighted by molar-refractivity contribution is -0.0701. The van der Waals surface area contributed by atoms with Crippen molar-refractivity contribution in [3.63, 3.8) is 0 Å². The summed E-state index contributed by atoms with van der Waals surface area (Å²) in [4.78, 5) is 3.11. The lowest BCUT2D eigenvalue weighted by Gasteiger charge is -2.42. The van der Waals surface area contributed by atoms with Crippen molar-refractivity contribution in [1.82, 2.24) is 4.98 Å². The van der Waals surface area contributed by atoms with E-state index in [1.54, 1.807) is 0 Å². The van der Waals surface area contributed by atoms with Crippen molar-refractivity contribution in [2.75, 3.05) is 19.8 Å². The molecule has 0 radical (unpaired) electrons. The van der Waals surface area contributed by atoms with Crippen LogP contribution >= 0.6 is 0 Å². The van der Waals surface area contributed by atoms with Gasteiger partial charge in [-0.15, -0.1) is 0 Å². The zero-order valence-corrected chi connectivity index (χ0v) is 8.62. The van der Waals surface area contributed by atoms with E-state index >= 15 is 0 Å². The molecule has 0 aromatic carbocycles. The summed E-state index contributed by atoms with van der Waals surface area (Å²) in [5.74, 6) is 0.564. The van der Waals surface area contributed by atoms with Crippen molar-refractivity contribution >= 4 is 0 Å². The minimum atomic E-state index is 0.235. The van der Waals surface area contributed by atoms with Gasteiger partial charge in [-0.05, 0) is 30.5 Å². The van der Waals surface area contributed by atoms with Crippen LogP contribution in [-0.4, -0.2) is 24.7 Å². The molecule has 1 aliphatic heterocycles. The number of nitrogens with two attached hydrogens (primary N) is 1. The maximum atomic E-state index is 5.66. The predicted molar refractivity (Wildman–Crippen MR) is 56.1 cm³/mol. The molecule has 3 N–H and O–H groups in total. The van der Waals surface area contributed by atoms with Gasteiger partial charge in [0.25, 0.3) is 0 Å². The third-order valence-electron chi connectivity index (χ3n) is 3.11. The Balaban J connectivity index is 2.10. The van der Waals surface area contributed by atoms with Crippen molar-refractivity contribution in [3.8, 4) is 0 Å². The van der Waals surface area contributed by atoms with Gasteiger partial charge in [-0.25, -0.2) is 0 Å². The van der Waals surface area contributed by atoms with Gasteiger partial charge in [-0.3, -0.25) is 0 Å². The molecule has 1 aromatic heterocycles. The van der Waals surface area contributed by atoms with Crippen LogP contribution in [0.1, 0.15) is 18.9 Å². The predicted octanol–water partition coefficient (Wildman–Crippen LogP) is 1.27. The zero-order valence-electron chi connectivity index (χ0n) is 8.62. The molecule has 0 aliphatic carbocycles. The van der Waals surface area contributed by atoms with Gasteiger partial charge in [0.05, 0.1) is 13.2 Å². The first-order valence-electron chi connectivity index (χ1n) is 5.18. The average molecular weight is 194 g/mol. The molecule has 0 saturated carbocycles. The Kier molecular flexibility index (Phi) is 2.61. The fourth-order valence-corrected chi connectivity index (χ4v) is 2.15. The number of hydrogen-bond acceptors (Lipinski definition) is 2. The van der Waals surface area contributed by atoms with E-state index in [1.807, 2.05) is 6.20 Å². The van der Waals surface area contributed by atoms with E-state index in [1.165, 1.54) is 5.56 Å². The zero-order chi connectivity index (χ0) is 10.0. The van der Waals surface area contributed by atoms with Crippen molar-refractivity contribution in [1.29, 1.82) is 0 Å². The van der Waals surface area contributed by atoms with Crippen molar-refractivity contribution in [2.24, 2.45) is 11.7 Å². The molecule has 0 amide bonds. The average Bonchev–Trinajstić information content (AvgIpc) is 2.63. The van der Waals surface area contributed by atoms with E-state index < -0.39 is 0 Å². The van der Waals surface area contributed by atoms with Crippen LogP contribution in [0.15, 0.2) is 18.5 Å². The van der Waals surface area contributed by atoms with Gasteiger partial charge in [-0.2, -0.15) is 0 Å². The minimum Gasteiger partial charge on any atom is -0.379 e. The third-order valence-corrected chi connectivity index (χ3v) is 3.11. The summed E-state index contributed by atoms with van der Waals surface area (Å²) in [6.45, 7) is 4.64. The van der Waals surface area contributed by atoms with Crippen molar-refractivity contribution in [2.45, 2.75) is 18.8 Å². The molecule has 0 bridgehead atoms. The maximum Gasteiger partial charge on any atom is 0.0586 e. The van der Waals surface area contributed by atoms with E-state index in [4.69, 9.17) is 10.5 Å². The van der Waals surface area contributed by atoms with Crippen LogP contribution in [0.2, 0.25) is 0 Å². The number of aromatic nitrogens is 1. The summed E-state index contributed by atoms with van der Waals surface area (Å²) < 4.78 is 5.35. The van der Waals surface area contributed by atoms with Crippen LogP contribution in [0, 0.1) is 5.92 Å². The standard InChI is InChI=1S/C11H18N2O/c1-9(5-12)4-11(7-14-8-11)10-2-3-13-6-10/h2-3,6,9,13H,4-5,7-8,12H2,1H3. The van der Waals surface area contributed by atoms with Gasteiger partial charge >= 0.3 is 0 Å². The highest BCUT2D eigenvalue weighted by Gasteiger charge is 2.41. The number of ether oxygens (including phenoxy) is 1. The molecule has 3 nitrogen and oxygen atoms in total. The first kappa shape index (κ1) is 9.74. The SMILES string of the molecule is CC(CN)CC1(c2cc[nH]c2)COC1. The summed E-state index contributed by atoms with van der Waals surface area (Å²) in [6.07, 6.45) is 5.18. The largest absolute Gasteiger partial charge is 0.379 e. The smallest absolute Gasteiger partial charge is 0.0586 e. The second-order valence-corrected chi connectivity index (χ2v) is 4.42. The summed E-state index contributed by atoms with van der Waals surface area (Å²) >= 11 is 0. The van der Waals surface area contributed by atoms with Crippen molar-refractivity contribution < 1.29 is 4.74 Å². The number of H-pyrrole nitrogens is 1. The maximum absolute atomic E-state index is 5.66. The van der Waals surface area contributed by atoms with Gasteiger partial charge < -0.3 is 15.5 Å². The van der Waals surface area contributed by atoms with Gasteiger partial charge in [-0.1, -0.05) is 6.92 Å². The molecule has 78 valence electrons. The molecule has 1 aromatic rings. The highest BCUT2D eigenvalue weighted by molar-refractivity contribution is 5.25. The highest BCUT2D eigenvalue weighted by atomic mass is 16.5. The Morgan fingerprint density at radius 1 is 1.64 bits per heavy atom. The molecule has 1 saturated heterocycles. The lowest BCUT2D eigenvalue weighted by Crippen LogP contribution is -2.48. The number of rotatable bonds is 4. The first-order valence-corrected chi connectivity index (χ1v) is 5.18. The summed E-state index contributed by atoms with van der Waals surface area (Å²) in [7, 11) is 0. The van der Waals surface area contributed by atoms with Gasteiger partial charge in [0.15, 0.2) is 0 Å². The molecule has 2 rings (SSSR count). The van der Waals surface area contributed by atoms with E-state index in [-0.39, 0.29) is 5.41 Å². The normalized spacial score (nSPS) is 21.6. The van der Waals surface area contributed by atoms with Crippen LogP contribution in [0.4, 0.5) is 0 Å². The topological polar surface area (TPSA) is 51.0 Å². The Morgan fingerprint density at radius 2 is 2.43 bits per heavy atom. The number of nitrogens with one attached hydrogen (secondary N) is 1. The van der Waals surface area contributed by atoms with Crippen molar-refractivity contribution in [3.05, 3.63) is 24.0 Å². The molecular weight excluding hydrogens is 176 g/mol. The highest BCUT2D eigenvalue weighted by Crippen LogP contribution is 2.37. The second-order valence-electron chi connectivity index (χ2n) is 4.42. The molecule has 1 aliphatic rings. The summed E-state index contributed by atoms with van der Waals surface area (Å²) in [5.41, 5.74) is 7.26. The molecule has 1 unspecified atom stereocenters. The van der Waals surface area contributed by atoms with Crippen LogP contribution in [0.3, 0.4) is 0 Å². The van der Waals surface area contributed by atoms with Crippen LogP contribution < -0.4 is 5.73 Å². The molecule has 0 spiro atoms. The molecule has 1 fully saturated rings. The van der Waals surface area contributed by atoms with Gasteiger partial charge in [0.1, 0.15) is 0 Å². The van der Waals surface area contributed by atoms with E-state index in [0.29, 0.717) is 5.92 Å². The van der Waals surface area contributed by atoms with Crippen LogP contribution in [0.5, 0.6) is 0 Å².